The third kappa shape index (κ3) is 5.30. The largest absolute Gasteiger partial charge is 0.611 e. The third-order valence-electron chi connectivity index (χ3n) is 5.09. The van der Waals surface area contributed by atoms with Gasteiger partial charge >= 0.3 is 0 Å². The van der Waals surface area contributed by atoms with Gasteiger partial charge in [0.2, 0.25) is 0 Å². The molecule has 30 heavy (non-hydrogen) atoms. The smallest absolute Gasteiger partial charge is 0.294 e. The van der Waals surface area contributed by atoms with E-state index in [1.807, 2.05) is 13.8 Å². The number of carbonyl (C=O) groups excluding carboxylic acids is 1. The summed E-state index contributed by atoms with van der Waals surface area (Å²) < 4.78 is 11.9. The van der Waals surface area contributed by atoms with Crippen LogP contribution >= 0.6 is 11.6 Å². The number of hydrogen-bond donors (Lipinski definition) is 1. The Bertz CT molecular complexity index is 893. The van der Waals surface area contributed by atoms with Crippen molar-refractivity contribution in [1.29, 1.82) is 0 Å². The minimum Gasteiger partial charge on any atom is -0.611 e. The van der Waals surface area contributed by atoms with E-state index in [0.29, 0.717) is 41.2 Å². The molecule has 1 aromatic heterocycles. The van der Waals surface area contributed by atoms with Gasteiger partial charge in [-0.2, -0.15) is 0 Å². The normalized spacial score (nSPS) is 20.9. The number of hydrogen-bond acceptors (Lipinski definition) is 6. The Kier molecular flexibility index (Phi) is 7.69. The van der Waals surface area contributed by atoms with Crippen molar-refractivity contribution in [2.45, 2.75) is 44.6 Å². The predicted molar refractivity (Wildman–Crippen MR) is 121 cm³/mol. The Balaban J connectivity index is 1.78. The average Bonchev–Trinajstić information content (AvgIpc) is 2.71. The van der Waals surface area contributed by atoms with Crippen LogP contribution < -0.4 is 5.32 Å². The first-order valence-corrected chi connectivity index (χ1v) is 11.7. The molecular formula is C21H26ClN5O2S. The summed E-state index contributed by atoms with van der Waals surface area (Å²) in [4.78, 5) is 28.5. The number of amides is 1. The van der Waals surface area contributed by atoms with E-state index >= 15 is 0 Å². The molecule has 1 unspecified atom stereocenters. The molecule has 1 aromatic rings. The van der Waals surface area contributed by atoms with Gasteiger partial charge in [-0.3, -0.25) is 14.7 Å². The van der Waals surface area contributed by atoms with E-state index in [9.17, 15) is 9.35 Å². The zero-order valence-electron chi connectivity index (χ0n) is 17.2. The topological polar surface area (TPSA) is 93.0 Å². The molecule has 9 heteroatoms. The van der Waals surface area contributed by atoms with E-state index in [2.05, 4.69) is 26.9 Å². The fraction of sp³-hybridized carbons (Fsp3) is 0.429. The van der Waals surface area contributed by atoms with E-state index in [1.54, 1.807) is 29.3 Å². The highest BCUT2D eigenvalue weighted by Gasteiger charge is 2.34. The second-order valence-corrected chi connectivity index (χ2v) is 9.31. The van der Waals surface area contributed by atoms with E-state index in [1.165, 1.54) is 6.42 Å². The summed E-state index contributed by atoms with van der Waals surface area (Å²) in [6, 6.07) is 3.60. The molecule has 1 aliphatic carbocycles. The maximum atomic E-state index is 13.1. The molecule has 1 atom stereocenters. The summed E-state index contributed by atoms with van der Waals surface area (Å²) in [7, 11) is 0. The molecule has 1 saturated carbocycles. The van der Waals surface area contributed by atoms with E-state index in [4.69, 9.17) is 11.6 Å². The lowest BCUT2D eigenvalue weighted by atomic mass is 9.85. The molecule has 1 fully saturated rings. The second kappa shape index (κ2) is 10.2. The fourth-order valence-corrected chi connectivity index (χ4v) is 4.02. The van der Waals surface area contributed by atoms with Gasteiger partial charge in [0.05, 0.1) is 18.4 Å². The molecule has 2 aliphatic rings. The monoisotopic (exact) mass is 447 g/mol. The first kappa shape index (κ1) is 22.5. The molecule has 0 bridgehead atoms. The maximum absolute atomic E-state index is 13.1. The molecule has 1 aliphatic heterocycles. The highest BCUT2D eigenvalue weighted by atomic mass is 35.5. The van der Waals surface area contributed by atoms with Gasteiger partial charge in [0, 0.05) is 6.54 Å². The fourth-order valence-electron chi connectivity index (χ4n) is 3.22. The first-order chi connectivity index (χ1) is 14.4. The van der Waals surface area contributed by atoms with Crippen LogP contribution in [-0.2, 0) is 22.5 Å². The Morgan fingerprint density at radius 1 is 1.50 bits per heavy atom. The van der Waals surface area contributed by atoms with Crippen molar-refractivity contribution in [3.8, 4) is 0 Å². The summed E-state index contributed by atoms with van der Waals surface area (Å²) in [6.45, 7) is 8.24. The summed E-state index contributed by atoms with van der Waals surface area (Å²) in [5.74, 6) is 1.43. The Morgan fingerprint density at radius 2 is 2.27 bits per heavy atom. The van der Waals surface area contributed by atoms with Crippen molar-refractivity contribution in [2.24, 2.45) is 15.9 Å². The molecule has 2 heterocycles. The van der Waals surface area contributed by atoms with Crippen LogP contribution in [0.3, 0.4) is 0 Å². The molecular weight excluding hydrogens is 422 g/mol. The molecule has 1 N–H and O–H groups in total. The van der Waals surface area contributed by atoms with Crippen molar-refractivity contribution in [1.82, 2.24) is 15.2 Å². The SMILES string of the molecule is C=C(Cl)/N=C1\C(=C/C)N=C(NCc2ccc([S+]([O-])CC)cn2)C(=O)N1CC1CCC1. The van der Waals surface area contributed by atoms with E-state index < -0.39 is 11.2 Å². The van der Waals surface area contributed by atoms with Crippen molar-refractivity contribution in [3.63, 3.8) is 0 Å². The van der Waals surface area contributed by atoms with Gasteiger partial charge in [-0.25, -0.2) is 9.98 Å². The molecule has 1 amide bonds. The number of carbonyl (C=O) groups is 1. The van der Waals surface area contributed by atoms with Crippen LogP contribution in [0.1, 0.15) is 38.8 Å². The van der Waals surface area contributed by atoms with Crippen LogP contribution in [0.4, 0.5) is 0 Å². The van der Waals surface area contributed by atoms with Crippen LogP contribution in [-0.4, -0.2) is 44.3 Å². The van der Waals surface area contributed by atoms with Crippen molar-refractivity contribution in [2.75, 3.05) is 12.3 Å². The highest BCUT2D eigenvalue weighted by molar-refractivity contribution is 7.91. The second-order valence-electron chi connectivity index (χ2n) is 7.13. The van der Waals surface area contributed by atoms with Gasteiger partial charge in [-0.05, 0) is 55.9 Å². The van der Waals surface area contributed by atoms with Gasteiger partial charge in [0.1, 0.15) is 16.6 Å². The molecule has 0 aromatic carbocycles. The lowest BCUT2D eigenvalue weighted by Gasteiger charge is -2.35. The number of amidine groups is 2. The average molecular weight is 448 g/mol. The molecule has 0 spiro atoms. The molecule has 160 valence electrons. The van der Waals surface area contributed by atoms with Crippen LogP contribution in [0.5, 0.6) is 0 Å². The molecule has 3 rings (SSSR count). The quantitative estimate of drug-likeness (QED) is 0.512. The first-order valence-electron chi connectivity index (χ1n) is 10.0. The maximum Gasteiger partial charge on any atom is 0.294 e. The van der Waals surface area contributed by atoms with Gasteiger partial charge < -0.3 is 9.87 Å². The third-order valence-corrected chi connectivity index (χ3v) is 6.47. The Labute approximate surface area is 185 Å². The number of allylic oxidation sites excluding steroid dienone is 1. The number of nitrogens with zero attached hydrogens (tertiary/aromatic N) is 4. The zero-order chi connectivity index (χ0) is 21.7. The Hall–Kier alpha value is -2.16. The van der Waals surface area contributed by atoms with Gasteiger partial charge in [0.25, 0.3) is 5.91 Å². The number of aliphatic imine (C=N–C) groups is 2. The highest BCUT2D eigenvalue weighted by Crippen LogP contribution is 2.29. The summed E-state index contributed by atoms with van der Waals surface area (Å²) in [5, 5.41) is 3.20. The van der Waals surface area contributed by atoms with Crippen LogP contribution in [0, 0.1) is 5.92 Å². The lowest BCUT2D eigenvalue weighted by Crippen LogP contribution is -2.52. The number of halogens is 1. The summed E-state index contributed by atoms with van der Waals surface area (Å²) >= 11 is 4.87. The van der Waals surface area contributed by atoms with Crippen molar-refractivity contribution in [3.05, 3.63) is 47.5 Å². The summed E-state index contributed by atoms with van der Waals surface area (Å²) in [6.07, 6.45) is 6.78. The van der Waals surface area contributed by atoms with E-state index in [0.717, 1.165) is 18.5 Å². The van der Waals surface area contributed by atoms with Gasteiger partial charge in [0.15, 0.2) is 16.6 Å². The minimum atomic E-state index is -1.04. The van der Waals surface area contributed by atoms with E-state index in [-0.39, 0.29) is 16.9 Å². The van der Waals surface area contributed by atoms with Crippen molar-refractivity contribution < 1.29 is 9.35 Å². The standard InChI is InChI=1S/C21H26ClN5O2S/c1-4-18-20(25-14(3)22)27(13-15-7-6-8-15)21(28)19(26-18)24-11-16-9-10-17(12-23-16)30(29)5-2/h4,9-10,12,15H,3,5-8,11,13H2,1-2H3,(H,24,26)/b18-4+,25-20+. The number of pyridine rings is 1. The predicted octanol–water partition coefficient (Wildman–Crippen LogP) is 3.35. The number of nitrogens with one attached hydrogen (secondary N) is 1. The van der Waals surface area contributed by atoms with Crippen LogP contribution in [0.15, 0.2) is 56.7 Å². The number of aromatic nitrogens is 1. The van der Waals surface area contributed by atoms with Gasteiger partial charge in [-0.1, -0.05) is 30.7 Å². The molecule has 0 saturated heterocycles. The van der Waals surface area contributed by atoms with Gasteiger partial charge in [-0.15, -0.1) is 0 Å². The summed E-state index contributed by atoms with van der Waals surface area (Å²) in [5.41, 5.74) is 1.29. The lowest BCUT2D eigenvalue weighted by molar-refractivity contribution is -0.121. The number of rotatable bonds is 7. The molecule has 7 nitrogen and oxygen atoms in total. The van der Waals surface area contributed by atoms with Crippen LogP contribution in [0.25, 0.3) is 0 Å². The Morgan fingerprint density at radius 3 is 2.80 bits per heavy atom. The van der Waals surface area contributed by atoms with Crippen LogP contribution in [0.2, 0.25) is 0 Å². The minimum absolute atomic E-state index is 0.108. The molecule has 0 radical (unpaired) electrons. The van der Waals surface area contributed by atoms with Crippen molar-refractivity contribution >= 4 is 40.4 Å². The zero-order valence-corrected chi connectivity index (χ0v) is 18.8.